The molecule has 0 saturated carbocycles. The molecule has 4 nitrogen and oxygen atoms in total. The van der Waals surface area contributed by atoms with E-state index in [9.17, 15) is 5.11 Å². The smallest absolute Gasteiger partial charge is 0.134 e. The number of aliphatic hydroxyl groups excluding tert-OH is 1. The zero-order valence-electron chi connectivity index (χ0n) is 12.9. The van der Waals surface area contributed by atoms with Crippen LogP contribution in [0.15, 0.2) is 48.5 Å². The SMILES string of the molecule is CN(Cc1ccccc1)CC(O)COc1cc(C#N)ccc1I. The zero-order chi connectivity index (χ0) is 16.7. The van der Waals surface area contributed by atoms with E-state index in [0.29, 0.717) is 17.9 Å². The molecule has 0 bridgehead atoms. The Bertz CT molecular complexity index is 670. The molecule has 0 aliphatic heterocycles. The minimum atomic E-state index is -0.592. The maximum absolute atomic E-state index is 10.1. The first kappa shape index (κ1) is 17.7. The lowest BCUT2D eigenvalue weighted by atomic mass is 10.2. The average molecular weight is 422 g/mol. The van der Waals surface area contributed by atoms with E-state index in [4.69, 9.17) is 10.00 Å². The lowest BCUT2D eigenvalue weighted by Gasteiger charge is -2.21. The van der Waals surface area contributed by atoms with Crippen LogP contribution in [0.4, 0.5) is 0 Å². The molecule has 1 unspecified atom stereocenters. The second kappa shape index (κ2) is 8.87. The summed E-state index contributed by atoms with van der Waals surface area (Å²) in [4.78, 5) is 2.06. The molecule has 1 N–H and O–H groups in total. The third-order valence-electron chi connectivity index (χ3n) is 3.31. The highest BCUT2D eigenvalue weighted by atomic mass is 127. The fourth-order valence-corrected chi connectivity index (χ4v) is 2.73. The Labute approximate surface area is 150 Å². The van der Waals surface area contributed by atoms with Gasteiger partial charge in [-0.2, -0.15) is 5.26 Å². The van der Waals surface area contributed by atoms with E-state index in [1.54, 1.807) is 12.1 Å². The van der Waals surface area contributed by atoms with Gasteiger partial charge in [-0.05, 0) is 53.4 Å². The molecular weight excluding hydrogens is 403 g/mol. The topological polar surface area (TPSA) is 56.5 Å². The van der Waals surface area contributed by atoms with Crippen molar-refractivity contribution in [2.45, 2.75) is 12.6 Å². The third kappa shape index (κ3) is 5.82. The van der Waals surface area contributed by atoms with Gasteiger partial charge < -0.3 is 9.84 Å². The van der Waals surface area contributed by atoms with Crippen molar-refractivity contribution in [1.82, 2.24) is 4.90 Å². The highest BCUT2D eigenvalue weighted by molar-refractivity contribution is 14.1. The van der Waals surface area contributed by atoms with Gasteiger partial charge in [0.2, 0.25) is 0 Å². The van der Waals surface area contributed by atoms with E-state index < -0.39 is 6.10 Å². The largest absolute Gasteiger partial charge is 0.490 e. The molecule has 0 radical (unpaired) electrons. The summed E-state index contributed by atoms with van der Waals surface area (Å²) in [5, 5.41) is 19.1. The number of likely N-dealkylation sites (N-methyl/N-ethyl adjacent to an activating group) is 1. The predicted octanol–water partition coefficient (Wildman–Crippen LogP) is 3.03. The van der Waals surface area contributed by atoms with Gasteiger partial charge in [0, 0.05) is 13.1 Å². The Hall–Kier alpha value is -1.62. The van der Waals surface area contributed by atoms with E-state index in [1.165, 1.54) is 5.56 Å². The van der Waals surface area contributed by atoms with Crippen molar-refractivity contribution < 1.29 is 9.84 Å². The van der Waals surface area contributed by atoms with Crippen LogP contribution in [-0.2, 0) is 6.54 Å². The van der Waals surface area contributed by atoms with Crippen LogP contribution in [0.3, 0.4) is 0 Å². The molecule has 120 valence electrons. The number of aliphatic hydroxyl groups is 1. The monoisotopic (exact) mass is 422 g/mol. The van der Waals surface area contributed by atoms with Crippen molar-refractivity contribution in [3.05, 3.63) is 63.2 Å². The van der Waals surface area contributed by atoms with Crippen LogP contribution in [0.2, 0.25) is 0 Å². The Balaban J connectivity index is 1.83. The molecular formula is C18H19IN2O2. The van der Waals surface area contributed by atoms with E-state index in [2.05, 4.69) is 45.7 Å². The number of hydrogen-bond acceptors (Lipinski definition) is 4. The molecule has 0 aliphatic carbocycles. The minimum Gasteiger partial charge on any atom is -0.490 e. The van der Waals surface area contributed by atoms with Crippen LogP contribution in [0.25, 0.3) is 0 Å². The number of rotatable bonds is 7. The van der Waals surface area contributed by atoms with Crippen LogP contribution in [0.5, 0.6) is 5.75 Å². The van der Waals surface area contributed by atoms with Crippen molar-refractivity contribution in [1.29, 1.82) is 5.26 Å². The molecule has 0 aromatic heterocycles. The van der Waals surface area contributed by atoms with Crippen LogP contribution in [0.1, 0.15) is 11.1 Å². The second-order valence-corrected chi connectivity index (χ2v) is 6.57. The van der Waals surface area contributed by atoms with Crippen molar-refractivity contribution in [3.63, 3.8) is 0 Å². The van der Waals surface area contributed by atoms with E-state index >= 15 is 0 Å². The van der Waals surface area contributed by atoms with Gasteiger partial charge in [0.25, 0.3) is 0 Å². The molecule has 0 amide bonds. The molecule has 2 aromatic carbocycles. The number of benzene rings is 2. The number of nitrogens with zero attached hydrogens (tertiary/aromatic N) is 2. The van der Waals surface area contributed by atoms with Crippen molar-refractivity contribution in [2.75, 3.05) is 20.2 Å². The summed E-state index contributed by atoms with van der Waals surface area (Å²) in [6, 6.07) is 17.5. The van der Waals surface area contributed by atoms with E-state index in [-0.39, 0.29) is 6.61 Å². The Morgan fingerprint density at radius 3 is 2.70 bits per heavy atom. The molecule has 0 aliphatic rings. The molecule has 1 atom stereocenters. The zero-order valence-corrected chi connectivity index (χ0v) is 15.1. The van der Waals surface area contributed by atoms with Gasteiger partial charge in [-0.1, -0.05) is 30.3 Å². The molecule has 5 heteroatoms. The van der Waals surface area contributed by atoms with Gasteiger partial charge >= 0.3 is 0 Å². The quantitative estimate of drug-likeness (QED) is 0.698. The van der Waals surface area contributed by atoms with Crippen LogP contribution in [0, 0.1) is 14.9 Å². The van der Waals surface area contributed by atoms with Gasteiger partial charge in [-0.25, -0.2) is 0 Å². The first-order chi connectivity index (χ1) is 11.1. The van der Waals surface area contributed by atoms with E-state index in [0.717, 1.165) is 10.1 Å². The number of hydrogen-bond donors (Lipinski definition) is 1. The number of nitriles is 1. The summed E-state index contributed by atoms with van der Waals surface area (Å²) in [5.41, 5.74) is 1.76. The second-order valence-electron chi connectivity index (χ2n) is 5.40. The lowest BCUT2D eigenvalue weighted by molar-refractivity contribution is 0.0740. The number of halogens is 1. The van der Waals surface area contributed by atoms with Crippen molar-refractivity contribution >= 4 is 22.6 Å². The van der Waals surface area contributed by atoms with Crippen molar-refractivity contribution in [2.24, 2.45) is 0 Å². The maximum Gasteiger partial charge on any atom is 0.134 e. The highest BCUT2D eigenvalue weighted by Gasteiger charge is 2.11. The molecule has 0 heterocycles. The molecule has 2 rings (SSSR count). The standard InChI is InChI=1S/C18H19IN2O2/c1-21(11-14-5-3-2-4-6-14)12-16(22)13-23-18-9-15(10-20)7-8-17(18)19/h2-9,16,22H,11-13H2,1H3. The molecule has 0 spiro atoms. The average Bonchev–Trinajstić information content (AvgIpc) is 2.55. The number of ether oxygens (including phenoxy) is 1. The predicted molar refractivity (Wildman–Crippen MR) is 98.2 cm³/mol. The first-order valence-corrected chi connectivity index (χ1v) is 8.39. The van der Waals surface area contributed by atoms with Gasteiger partial charge in [-0.15, -0.1) is 0 Å². The van der Waals surface area contributed by atoms with Crippen molar-refractivity contribution in [3.8, 4) is 11.8 Å². The van der Waals surface area contributed by atoms with Gasteiger partial charge in [0.1, 0.15) is 18.5 Å². The fraction of sp³-hybridized carbons (Fsp3) is 0.278. The summed E-state index contributed by atoms with van der Waals surface area (Å²) in [6.07, 6.45) is -0.592. The summed E-state index contributed by atoms with van der Waals surface area (Å²) in [5.74, 6) is 0.634. The van der Waals surface area contributed by atoms with Gasteiger partial charge in [-0.3, -0.25) is 4.90 Å². The van der Waals surface area contributed by atoms with Crippen LogP contribution >= 0.6 is 22.6 Å². The maximum atomic E-state index is 10.1. The summed E-state index contributed by atoms with van der Waals surface area (Å²) >= 11 is 2.15. The summed E-state index contributed by atoms with van der Waals surface area (Å²) in [7, 11) is 1.97. The summed E-state index contributed by atoms with van der Waals surface area (Å²) in [6.45, 7) is 1.49. The molecule has 0 saturated heterocycles. The van der Waals surface area contributed by atoms with Crippen LogP contribution < -0.4 is 4.74 Å². The van der Waals surface area contributed by atoms with Gasteiger partial charge in [0.15, 0.2) is 0 Å². The summed E-state index contributed by atoms with van der Waals surface area (Å²) < 4.78 is 6.58. The van der Waals surface area contributed by atoms with E-state index in [1.807, 2.05) is 31.3 Å². The normalized spacial score (nSPS) is 12.0. The molecule has 23 heavy (non-hydrogen) atoms. The third-order valence-corrected chi connectivity index (χ3v) is 4.20. The van der Waals surface area contributed by atoms with Gasteiger partial charge in [0.05, 0.1) is 15.2 Å². The van der Waals surface area contributed by atoms with Crippen LogP contribution in [-0.4, -0.2) is 36.3 Å². The minimum absolute atomic E-state index is 0.198. The lowest BCUT2D eigenvalue weighted by Crippen LogP contribution is -2.32. The Kier molecular flexibility index (Phi) is 6.84. The first-order valence-electron chi connectivity index (χ1n) is 7.31. The fourth-order valence-electron chi connectivity index (χ4n) is 2.24. The molecule has 2 aromatic rings. The molecule has 0 fully saturated rings. The Morgan fingerprint density at radius 1 is 1.26 bits per heavy atom. The Morgan fingerprint density at radius 2 is 2.00 bits per heavy atom. The highest BCUT2D eigenvalue weighted by Crippen LogP contribution is 2.22.